The quantitative estimate of drug-likeness (QED) is 0.324. The van der Waals surface area contributed by atoms with Gasteiger partial charge in [-0.25, -0.2) is 13.4 Å². The van der Waals surface area contributed by atoms with Crippen LogP contribution in [0, 0.1) is 0 Å². The molecule has 0 atom stereocenters. The molecule has 0 bridgehead atoms. The van der Waals surface area contributed by atoms with E-state index in [-0.39, 0.29) is 11.6 Å². The highest BCUT2D eigenvalue weighted by Crippen LogP contribution is 2.40. The SMILES string of the molecule is CN1CCN(C2CCN(c3ccc(Nc4ncc(Br)c(Nc5cccc6c5N(S(C)(=O)=O)CC6)n4)c(OC(F)(F)F)c3)CC2)CC1. The molecule has 6 rings (SSSR count). The Balaban J connectivity index is 1.20. The minimum Gasteiger partial charge on any atom is -0.403 e. The van der Waals surface area contributed by atoms with E-state index in [1.807, 2.05) is 12.1 Å². The number of ether oxygens (including phenoxy) is 1. The molecule has 4 heterocycles. The lowest BCUT2D eigenvalue weighted by Crippen LogP contribution is -2.52. The van der Waals surface area contributed by atoms with Gasteiger partial charge in [0.15, 0.2) is 5.75 Å². The lowest BCUT2D eigenvalue weighted by Gasteiger charge is -2.42. The second-order valence-corrected chi connectivity index (χ2v) is 14.6. The fraction of sp³-hybridized carbons (Fsp3) is 0.467. The van der Waals surface area contributed by atoms with Gasteiger partial charge in [-0.2, -0.15) is 4.98 Å². The van der Waals surface area contributed by atoms with Crippen molar-refractivity contribution in [2.45, 2.75) is 31.7 Å². The number of likely N-dealkylation sites (N-methyl/N-ethyl adjacent to an activating group) is 1. The summed E-state index contributed by atoms with van der Waals surface area (Å²) in [5.41, 5.74) is 2.62. The molecule has 11 nitrogen and oxygen atoms in total. The van der Waals surface area contributed by atoms with E-state index < -0.39 is 22.1 Å². The Labute approximate surface area is 274 Å². The third-order valence-electron chi connectivity index (χ3n) is 8.67. The fourth-order valence-corrected chi connectivity index (χ4v) is 7.57. The summed E-state index contributed by atoms with van der Waals surface area (Å²) < 4.78 is 71.7. The molecule has 0 amide bonds. The molecule has 0 unspecified atom stereocenters. The molecule has 46 heavy (non-hydrogen) atoms. The highest BCUT2D eigenvalue weighted by atomic mass is 79.9. The van der Waals surface area contributed by atoms with E-state index in [2.05, 4.69) is 63.0 Å². The number of sulfonamides is 1. The molecule has 0 spiro atoms. The molecule has 3 aliphatic heterocycles. The lowest BCUT2D eigenvalue weighted by atomic mass is 10.0. The molecule has 2 N–H and O–H groups in total. The highest BCUT2D eigenvalue weighted by Gasteiger charge is 2.34. The Morgan fingerprint density at radius 1 is 0.978 bits per heavy atom. The van der Waals surface area contributed by atoms with E-state index in [0.29, 0.717) is 46.4 Å². The Kier molecular flexibility index (Phi) is 9.24. The van der Waals surface area contributed by atoms with E-state index in [1.54, 1.807) is 12.1 Å². The number of nitrogens with zero attached hydrogens (tertiary/aromatic N) is 6. The average molecular weight is 726 g/mol. The van der Waals surface area contributed by atoms with Gasteiger partial charge in [0.25, 0.3) is 0 Å². The van der Waals surface area contributed by atoms with Crippen LogP contribution in [0.5, 0.6) is 5.75 Å². The minimum atomic E-state index is -4.91. The van der Waals surface area contributed by atoms with Gasteiger partial charge < -0.3 is 25.2 Å². The molecule has 2 saturated heterocycles. The molecule has 248 valence electrons. The summed E-state index contributed by atoms with van der Waals surface area (Å²) in [6.45, 7) is 5.96. The van der Waals surface area contributed by atoms with Crippen LogP contribution in [0.1, 0.15) is 18.4 Å². The van der Waals surface area contributed by atoms with Crippen LogP contribution in [-0.4, -0.2) is 99.7 Å². The number of aromatic nitrogens is 2. The summed E-state index contributed by atoms with van der Waals surface area (Å²) in [4.78, 5) is 15.7. The van der Waals surface area contributed by atoms with Crippen LogP contribution in [0.3, 0.4) is 0 Å². The summed E-state index contributed by atoms with van der Waals surface area (Å²) in [7, 11) is -1.38. The van der Waals surface area contributed by atoms with Crippen molar-refractivity contribution in [3.63, 3.8) is 0 Å². The predicted octanol–water partition coefficient (Wildman–Crippen LogP) is 5.16. The largest absolute Gasteiger partial charge is 0.573 e. The topological polar surface area (TPSA) is 106 Å². The number of para-hydroxylation sites is 1. The molecule has 2 aromatic carbocycles. The Bertz CT molecular complexity index is 1680. The molecule has 3 aliphatic rings. The molecule has 0 aliphatic carbocycles. The second-order valence-electron chi connectivity index (χ2n) is 11.8. The zero-order valence-corrected chi connectivity index (χ0v) is 27.9. The normalized spacial score (nSPS) is 18.5. The first kappa shape index (κ1) is 32.6. The van der Waals surface area contributed by atoms with E-state index in [0.717, 1.165) is 63.9 Å². The molecular weight excluding hydrogens is 689 g/mol. The first-order valence-electron chi connectivity index (χ1n) is 15.1. The third-order valence-corrected chi connectivity index (χ3v) is 10.4. The first-order chi connectivity index (χ1) is 21.8. The van der Waals surface area contributed by atoms with Crippen molar-refractivity contribution in [1.29, 1.82) is 0 Å². The third kappa shape index (κ3) is 7.45. The summed E-state index contributed by atoms with van der Waals surface area (Å²) in [6.07, 6.45) is 0.155. The standard InChI is InChI=1S/C30H36BrF3N8O3S/c1-39-14-16-41(17-15-39)21-9-11-40(12-10-21)22-6-7-24(26(18-22)45-30(32,33)34)37-29-35-19-23(31)28(38-29)36-25-5-3-4-20-8-13-42(27(20)25)46(2,43)44/h3-7,18-19,21H,8-17H2,1-2H3,(H2,35,36,37,38). The number of alkyl halides is 3. The molecule has 0 radical (unpaired) electrons. The van der Waals surface area contributed by atoms with Crippen molar-refractivity contribution in [3.05, 3.63) is 52.6 Å². The number of fused-ring (bicyclic) bond motifs is 1. The van der Waals surface area contributed by atoms with Crippen molar-refractivity contribution < 1.29 is 26.3 Å². The van der Waals surface area contributed by atoms with Crippen molar-refractivity contribution in [2.24, 2.45) is 0 Å². The summed E-state index contributed by atoms with van der Waals surface area (Å²) in [6, 6.07) is 10.6. The van der Waals surface area contributed by atoms with Crippen LogP contribution < -0.4 is 24.6 Å². The number of hydrogen-bond acceptors (Lipinski definition) is 10. The van der Waals surface area contributed by atoms with Gasteiger partial charge in [-0.3, -0.25) is 9.21 Å². The Morgan fingerprint density at radius 2 is 1.72 bits per heavy atom. The number of halogens is 4. The van der Waals surface area contributed by atoms with Crippen LogP contribution in [0.15, 0.2) is 47.1 Å². The highest BCUT2D eigenvalue weighted by molar-refractivity contribution is 9.10. The van der Waals surface area contributed by atoms with Crippen molar-refractivity contribution in [3.8, 4) is 5.75 Å². The van der Waals surface area contributed by atoms with Gasteiger partial charge in [0.1, 0.15) is 5.82 Å². The number of piperidine rings is 1. The Morgan fingerprint density at radius 3 is 2.41 bits per heavy atom. The number of anilines is 6. The molecular formula is C30H36BrF3N8O3S. The van der Waals surface area contributed by atoms with Crippen LogP contribution >= 0.6 is 15.9 Å². The molecule has 3 aromatic rings. The van der Waals surface area contributed by atoms with Gasteiger partial charge in [-0.05, 0) is 66.0 Å². The van der Waals surface area contributed by atoms with Crippen molar-refractivity contribution in [2.75, 3.05) is 79.0 Å². The van der Waals surface area contributed by atoms with Gasteiger partial charge >= 0.3 is 6.36 Å². The molecule has 2 fully saturated rings. The summed E-state index contributed by atoms with van der Waals surface area (Å²) in [5, 5.41) is 6.04. The van der Waals surface area contributed by atoms with Gasteiger partial charge in [-0.1, -0.05) is 12.1 Å². The van der Waals surface area contributed by atoms with Crippen LogP contribution in [0.4, 0.5) is 47.7 Å². The van der Waals surface area contributed by atoms with E-state index in [1.165, 1.54) is 22.6 Å². The monoisotopic (exact) mass is 724 g/mol. The summed E-state index contributed by atoms with van der Waals surface area (Å²) >= 11 is 3.42. The van der Waals surface area contributed by atoms with Crippen molar-refractivity contribution >= 4 is 60.5 Å². The van der Waals surface area contributed by atoms with Crippen LogP contribution in [-0.2, 0) is 16.4 Å². The average Bonchev–Trinajstić information content (AvgIpc) is 3.46. The van der Waals surface area contributed by atoms with Crippen LogP contribution in [0.25, 0.3) is 0 Å². The van der Waals surface area contributed by atoms with Gasteiger partial charge in [0.05, 0.1) is 27.8 Å². The van der Waals surface area contributed by atoms with Gasteiger partial charge in [-0.15, -0.1) is 13.2 Å². The molecule has 0 saturated carbocycles. The number of piperazine rings is 1. The number of nitrogens with one attached hydrogen (secondary N) is 2. The maximum atomic E-state index is 13.5. The van der Waals surface area contributed by atoms with E-state index in [4.69, 9.17) is 0 Å². The Hall–Kier alpha value is -3.34. The molecule has 1 aromatic heterocycles. The smallest absolute Gasteiger partial charge is 0.403 e. The van der Waals surface area contributed by atoms with E-state index in [9.17, 15) is 21.6 Å². The number of benzene rings is 2. The summed E-state index contributed by atoms with van der Waals surface area (Å²) in [5.74, 6) is -0.0766. The number of hydrogen-bond donors (Lipinski definition) is 2. The lowest BCUT2D eigenvalue weighted by molar-refractivity contribution is -0.274. The number of rotatable bonds is 8. The zero-order valence-electron chi connectivity index (χ0n) is 25.5. The fourth-order valence-electron chi connectivity index (χ4n) is 6.31. The predicted molar refractivity (Wildman–Crippen MR) is 176 cm³/mol. The minimum absolute atomic E-state index is 0.0195. The maximum Gasteiger partial charge on any atom is 0.573 e. The van der Waals surface area contributed by atoms with Crippen molar-refractivity contribution in [1.82, 2.24) is 19.8 Å². The first-order valence-corrected chi connectivity index (χ1v) is 17.7. The molecule has 16 heteroatoms. The van der Waals surface area contributed by atoms with Gasteiger partial charge in [0.2, 0.25) is 16.0 Å². The van der Waals surface area contributed by atoms with Crippen LogP contribution in [0.2, 0.25) is 0 Å². The van der Waals surface area contributed by atoms with Gasteiger partial charge in [0, 0.05) is 69.8 Å². The second kappa shape index (κ2) is 13.0. The maximum absolute atomic E-state index is 13.5. The zero-order chi connectivity index (χ0) is 32.6. The van der Waals surface area contributed by atoms with E-state index >= 15 is 0 Å².